The van der Waals surface area contributed by atoms with E-state index in [0.29, 0.717) is 0 Å². The van der Waals surface area contributed by atoms with Gasteiger partial charge < -0.3 is 5.11 Å². The quantitative estimate of drug-likeness (QED) is 0.782. The van der Waals surface area contributed by atoms with E-state index < -0.39 is 6.10 Å². The van der Waals surface area contributed by atoms with Crippen LogP contribution < -0.4 is 0 Å². The molecule has 1 rings (SSSR count). The molecule has 3 nitrogen and oxygen atoms in total. The molecule has 0 aliphatic heterocycles. The molecule has 3 heteroatoms. The van der Waals surface area contributed by atoms with E-state index in [9.17, 15) is 4.79 Å². The second-order valence-electron chi connectivity index (χ2n) is 3.28. The third-order valence-corrected chi connectivity index (χ3v) is 1.43. The summed E-state index contributed by atoms with van der Waals surface area (Å²) in [7, 11) is 0. The van der Waals surface area contributed by atoms with E-state index in [0.717, 1.165) is 0 Å². The average Bonchev–Trinajstić information content (AvgIpc) is 2.03. The Labute approximate surface area is 84.8 Å². The van der Waals surface area contributed by atoms with Gasteiger partial charge in [0.1, 0.15) is 5.78 Å². The third kappa shape index (κ3) is 8.87. The molecule has 0 fully saturated rings. The molecule has 0 spiro atoms. The molecule has 0 aliphatic rings. The van der Waals surface area contributed by atoms with Gasteiger partial charge in [-0.1, -0.05) is 0 Å². The lowest BCUT2D eigenvalue weighted by molar-refractivity contribution is -0.118. The minimum Gasteiger partial charge on any atom is -0.393 e. The topological polar surface area (TPSA) is 50.2 Å². The van der Waals surface area contributed by atoms with Crippen LogP contribution in [0.5, 0.6) is 0 Å². The van der Waals surface area contributed by atoms with E-state index in [1.54, 1.807) is 19.3 Å². The second-order valence-corrected chi connectivity index (χ2v) is 3.28. The fraction of sp³-hybridized carbons (Fsp3) is 0.455. The molecule has 1 aromatic heterocycles. The van der Waals surface area contributed by atoms with Crippen molar-refractivity contribution in [3.8, 4) is 0 Å². The first-order valence-corrected chi connectivity index (χ1v) is 4.56. The van der Waals surface area contributed by atoms with Crippen LogP contribution in [0.3, 0.4) is 0 Å². The van der Waals surface area contributed by atoms with Crippen LogP contribution in [0.15, 0.2) is 24.5 Å². The van der Waals surface area contributed by atoms with Gasteiger partial charge in [0.05, 0.1) is 6.10 Å². The first kappa shape index (κ1) is 12.8. The number of hydrogen-bond acceptors (Lipinski definition) is 3. The van der Waals surface area contributed by atoms with Gasteiger partial charge in [-0.05, 0) is 38.5 Å². The number of aliphatic hydroxyl groups excluding tert-OH is 1. The molecule has 14 heavy (non-hydrogen) atoms. The minimum absolute atomic E-state index is 0.0370. The number of aliphatic hydroxyl groups is 1. The third-order valence-electron chi connectivity index (χ3n) is 1.43. The number of ketones is 1. The Morgan fingerprint density at radius 3 is 2.14 bits per heavy atom. The highest BCUT2D eigenvalue weighted by molar-refractivity contribution is 5.75. The van der Waals surface area contributed by atoms with Crippen molar-refractivity contribution in [3.05, 3.63) is 30.1 Å². The molecule has 1 atom stereocenters. The lowest BCUT2D eigenvalue weighted by Crippen LogP contribution is -2.04. The highest BCUT2D eigenvalue weighted by Gasteiger charge is 1.96. The Morgan fingerprint density at radius 1 is 1.50 bits per heavy atom. The largest absolute Gasteiger partial charge is 0.393 e. The van der Waals surface area contributed by atoms with E-state index >= 15 is 0 Å². The molecule has 1 unspecified atom stereocenters. The fourth-order valence-electron chi connectivity index (χ4n) is 0.842. The predicted molar refractivity (Wildman–Crippen MR) is 56.0 cm³/mol. The maximum absolute atomic E-state index is 10.1. The number of aryl methyl sites for hydroxylation is 1. The minimum atomic E-state index is -0.475. The molecule has 0 aliphatic carbocycles. The zero-order valence-corrected chi connectivity index (χ0v) is 8.90. The second kappa shape index (κ2) is 7.21. The number of hydrogen-bond donors (Lipinski definition) is 1. The predicted octanol–water partition coefficient (Wildman–Crippen LogP) is 1.74. The van der Waals surface area contributed by atoms with Gasteiger partial charge in [-0.3, -0.25) is 9.78 Å². The molecule has 1 N–H and O–H groups in total. The van der Waals surface area contributed by atoms with Crippen LogP contribution in [0.2, 0.25) is 0 Å². The smallest absolute Gasteiger partial charge is 0.132 e. The van der Waals surface area contributed by atoms with Crippen molar-refractivity contribution in [2.45, 2.75) is 33.3 Å². The molecule has 0 aromatic carbocycles. The summed E-state index contributed by atoms with van der Waals surface area (Å²) < 4.78 is 0. The average molecular weight is 195 g/mol. The first-order chi connectivity index (χ1) is 6.52. The molecule has 0 bridgehead atoms. The number of Topliss-reactive ketones (excluding diaryl/α,β-unsaturated/α-hetero) is 1. The molecule has 78 valence electrons. The monoisotopic (exact) mass is 195 g/mol. The van der Waals surface area contributed by atoms with Gasteiger partial charge in [-0.15, -0.1) is 0 Å². The van der Waals surface area contributed by atoms with Crippen molar-refractivity contribution in [3.63, 3.8) is 0 Å². The zero-order valence-electron chi connectivity index (χ0n) is 8.90. The number of pyridine rings is 1. The zero-order chi connectivity index (χ0) is 11.0. The van der Waals surface area contributed by atoms with Gasteiger partial charge in [-0.2, -0.15) is 0 Å². The summed E-state index contributed by atoms with van der Waals surface area (Å²) >= 11 is 0. The Balaban J connectivity index is 0.000000241. The molecule has 1 heterocycles. The van der Waals surface area contributed by atoms with Crippen LogP contribution in [0.1, 0.15) is 25.8 Å². The normalized spacial score (nSPS) is 11.1. The lowest BCUT2D eigenvalue weighted by Gasteiger charge is -1.95. The maximum Gasteiger partial charge on any atom is 0.132 e. The number of nitrogens with zero attached hydrogens (tertiary/aromatic N) is 1. The summed E-state index contributed by atoms with van der Waals surface area (Å²) in [5.41, 5.74) is 1.26. The van der Waals surface area contributed by atoms with Gasteiger partial charge in [0.15, 0.2) is 0 Å². The lowest BCUT2D eigenvalue weighted by atomic mass is 10.2. The highest BCUT2D eigenvalue weighted by atomic mass is 16.3. The van der Waals surface area contributed by atoms with Crippen LogP contribution >= 0.6 is 0 Å². The Kier molecular flexibility index (Phi) is 6.58. The van der Waals surface area contributed by atoms with E-state index in [1.165, 1.54) is 12.5 Å². The van der Waals surface area contributed by atoms with E-state index in [-0.39, 0.29) is 12.2 Å². The highest BCUT2D eigenvalue weighted by Crippen LogP contribution is 1.89. The van der Waals surface area contributed by atoms with Crippen molar-refractivity contribution in [2.75, 3.05) is 0 Å². The Hall–Kier alpha value is -1.22. The fourth-order valence-corrected chi connectivity index (χ4v) is 0.842. The van der Waals surface area contributed by atoms with Crippen LogP contribution in [-0.4, -0.2) is 22.0 Å². The number of aromatic nitrogens is 1. The number of rotatable bonds is 2. The van der Waals surface area contributed by atoms with E-state index in [2.05, 4.69) is 4.98 Å². The van der Waals surface area contributed by atoms with Gasteiger partial charge in [0, 0.05) is 18.8 Å². The Morgan fingerprint density at radius 2 is 2.00 bits per heavy atom. The summed E-state index contributed by atoms with van der Waals surface area (Å²) in [6.45, 7) is 5.11. The first-order valence-electron chi connectivity index (χ1n) is 4.56. The van der Waals surface area contributed by atoms with Crippen molar-refractivity contribution < 1.29 is 9.90 Å². The summed E-state index contributed by atoms with van der Waals surface area (Å²) in [4.78, 5) is 13.9. The molecular formula is C11H17NO2. The van der Waals surface area contributed by atoms with Gasteiger partial charge >= 0.3 is 0 Å². The summed E-state index contributed by atoms with van der Waals surface area (Å²) in [6.07, 6.45) is 3.38. The molecule has 0 radical (unpaired) electrons. The van der Waals surface area contributed by atoms with E-state index in [4.69, 9.17) is 5.11 Å². The standard InChI is InChI=1S/C6H7N.C5H10O2/c1-6-2-4-7-5-3-6;1-4(6)3-5(2)7/h2-5H,1H3;4,6H,3H2,1-2H3. The molecule has 0 amide bonds. The Bertz CT molecular complexity index is 257. The van der Waals surface area contributed by atoms with Crippen molar-refractivity contribution in [1.29, 1.82) is 0 Å². The van der Waals surface area contributed by atoms with E-state index in [1.807, 2.05) is 19.1 Å². The SMILES string of the molecule is CC(=O)CC(C)O.Cc1ccncc1. The number of carbonyl (C=O) groups is 1. The maximum atomic E-state index is 10.1. The van der Waals surface area contributed by atoms with Crippen LogP contribution in [0.25, 0.3) is 0 Å². The summed E-state index contributed by atoms with van der Waals surface area (Å²) in [6, 6.07) is 3.94. The molecule has 0 saturated carbocycles. The van der Waals surface area contributed by atoms with Crippen molar-refractivity contribution in [1.82, 2.24) is 4.98 Å². The van der Waals surface area contributed by atoms with Crippen LogP contribution in [0.4, 0.5) is 0 Å². The van der Waals surface area contributed by atoms with Crippen molar-refractivity contribution >= 4 is 5.78 Å². The van der Waals surface area contributed by atoms with Crippen molar-refractivity contribution in [2.24, 2.45) is 0 Å². The van der Waals surface area contributed by atoms with Crippen LogP contribution in [-0.2, 0) is 4.79 Å². The molecular weight excluding hydrogens is 178 g/mol. The van der Waals surface area contributed by atoms with Gasteiger partial charge in [0.2, 0.25) is 0 Å². The molecule has 1 aromatic rings. The summed E-state index contributed by atoms with van der Waals surface area (Å²) in [5.74, 6) is 0.0370. The number of carbonyl (C=O) groups excluding carboxylic acids is 1. The van der Waals surface area contributed by atoms with Crippen LogP contribution in [0, 0.1) is 6.92 Å². The van der Waals surface area contributed by atoms with Gasteiger partial charge in [0.25, 0.3) is 0 Å². The summed E-state index contributed by atoms with van der Waals surface area (Å²) in [5, 5.41) is 8.50. The molecule has 0 saturated heterocycles. The van der Waals surface area contributed by atoms with Gasteiger partial charge in [-0.25, -0.2) is 0 Å².